The van der Waals surface area contributed by atoms with Gasteiger partial charge in [-0.25, -0.2) is 0 Å². The number of hydrogen-bond acceptors (Lipinski definition) is 3. The molecule has 0 radical (unpaired) electrons. The van der Waals surface area contributed by atoms with Crippen molar-refractivity contribution in [3.05, 3.63) is 60.7 Å². The van der Waals surface area contributed by atoms with E-state index in [1.807, 2.05) is 60.7 Å². The number of nitrogens with zero attached hydrogens (tertiary/aromatic N) is 1. The van der Waals surface area contributed by atoms with E-state index in [4.69, 9.17) is 16.1 Å². The molecule has 7 heteroatoms. The van der Waals surface area contributed by atoms with Crippen LogP contribution in [-0.2, 0) is 9.45 Å². The molecular formula is C18H23BN4O2. The summed E-state index contributed by atoms with van der Waals surface area (Å²) in [4.78, 5) is 16.5. The zero-order valence-electron chi connectivity index (χ0n) is 14.0. The Balaban J connectivity index is 1.85. The van der Waals surface area contributed by atoms with E-state index in [2.05, 4.69) is 10.2 Å². The van der Waals surface area contributed by atoms with E-state index in [0.717, 1.165) is 17.3 Å². The van der Waals surface area contributed by atoms with E-state index >= 15 is 0 Å². The summed E-state index contributed by atoms with van der Waals surface area (Å²) in [5, 5.41) is 2.07. The number of benzene rings is 2. The second kappa shape index (κ2) is 7.40. The second-order valence-electron chi connectivity index (χ2n) is 6.36. The fourth-order valence-electron chi connectivity index (χ4n) is 3.48. The maximum absolute atomic E-state index is 12.5. The maximum Gasteiger partial charge on any atom is 0.441 e. The highest BCUT2D eigenvalue weighted by Gasteiger charge is 2.49. The lowest BCUT2D eigenvalue weighted by Crippen LogP contribution is -3.07. The van der Waals surface area contributed by atoms with E-state index in [9.17, 15) is 4.79 Å². The lowest BCUT2D eigenvalue weighted by molar-refractivity contribution is -0.549. The fraction of sp³-hybridized carbons (Fsp3) is 0.222. The van der Waals surface area contributed by atoms with E-state index < -0.39 is 6.48 Å². The van der Waals surface area contributed by atoms with Crippen LogP contribution < -0.4 is 27.6 Å². The van der Waals surface area contributed by atoms with Gasteiger partial charge in [0.1, 0.15) is 6.04 Å². The first-order valence-electron chi connectivity index (χ1n) is 8.52. The molecule has 25 heavy (non-hydrogen) atoms. The number of quaternary nitrogens is 1. The molecule has 1 heterocycles. The highest BCUT2D eigenvalue weighted by molar-refractivity contribution is 6.92. The molecule has 2 aromatic rings. The Bertz CT molecular complexity index is 709. The number of carbonyl (C=O) groups is 1. The molecule has 0 saturated carbocycles. The van der Waals surface area contributed by atoms with Crippen molar-refractivity contribution in [3.63, 3.8) is 0 Å². The minimum atomic E-state index is -1.66. The van der Waals surface area contributed by atoms with Crippen molar-refractivity contribution >= 4 is 29.3 Å². The van der Waals surface area contributed by atoms with Crippen LogP contribution in [0.3, 0.4) is 0 Å². The summed E-state index contributed by atoms with van der Waals surface area (Å²) >= 11 is 0. The van der Waals surface area contributed by atoms with Gasteiger partial charge in [-0.05, 0) is 6.42 Å². The molecule has 1 aliphatic rings. The van der Waals surface area contributed by atoms with Crippen molar-refractivity contribution in [2.45, 2.75) is 18.9 Å². The quantitative estimate of drug-likeness (QED) is 0.266. The smallest absolute Gasteiger partial charge is 0.441 e. The van der Waals surface area contributed by atoms with Gasteiger partial charge in [0.25, 0.3) is 0 Å². The monoisotopic (exact) mass is 338 g/mol. The number of aliphatic imine (C=N–C) groups is 1. The molecular weight excluding hydrogens is 315 g/mol. The highest BCUT2D eigenvalue weighted by Crippen LogP contribution is 2.10. The standard InChI is InChI=1S/C18H23BN4O2/c20-18(21)22-13-7-12-16-17(24)25-19(23-16,14-8-3-1-4-9-14)15-10-5-2-6-11-15/h1-6,8-11,16H,7,12-13,23H2,(H4,20,21,22)/t16-/m0/s1. The average Bonchev–Trinajstić information content (AvgIpc) is 2.98. The van der Waals surface area contributed by atoms with Crippen molar-refractivity contribution in [1.29, 1.82) is 0 Å². The zero-order chi connectivity index (χ0) is 17.7. The number of guanidine groups is 1. The van der Waals surface area contributed by atoms with Gasteiger partial charge in [0.2, 0.25) is 0 Å². The van der Waals surface area contributed by atoms with Gasteiger partial charge in [-0.1, -0.05) is 71.6 Å². The van der Waals surface area contributed by atoms with Gasteiger partial charge >= 0.3 is 12.5 Å². The SMILES string of the molecule is NC(N)=NCCC[C@@H]1[NH2+][B-](c2ccccc2)(c2ccccc2)OC1=O. The van der Waals surface area contributed by atoms with Gasteiger partial charge in [-0.3, -0.25) is 9.79 Å². The highest BCUT2D eigenvalue weighted by atomic mass is 16.5. The molecule has 0 spiro atoms. The molecule has 1 atom stereocenters. The van der Waals surface area contributed by atoms with Crippen LogP contribution in [0.2, 0.25) is 0 Å². The molecule has 0 aliphatic carbocycles. The Hall–Kier alpha value is -2.80. The van der Waals surface area contributed by atoms with Crippen LogP contribution in [0.15, 0.2) is 65.7 Å². The molecule has 1 saturated heterocycles. The van der Waals surface area contributed by atoms with Crippen molar-refractivity contribution in [2.75, 3.05) is 6.54 Å². The Morgan fingerprint density at radius 3 is 2.12 bits per heavy atom. The first-order valence-corrected chi connectivity index (χ1v) is 8.52. The first kappa shape index (κ1) is 17.0. The number of hydrogen-bond donors (Lipinski definition) is 3. The third-order valence-corrected chi connectivity index (χ3v) is 4.67. The summed E-state index contributed by atoms with van der Waals surface area (Å²) < 4.78 is 5.99. The Morgan fingerprint density at radius 1 is 1.04 bits per heavy atom. The van der Waals surface area contributed by atoms with Gasteiger partial charge in [0, 0.05) is 13.0 Å². The summed E-state index contributed by atoms with van der Waals surface area (Å²) in [6.07, 6.45) is 1.39. The number of nitrogens with two attached hydrogens (primary N) is 3. The van der Waals surface area contributed by atoms with Crippen molar-refractivity contribution < 1.29 is 14.7 Å². The van der Waals surface area contributed by atoms with Crippen LogP contribution in [0.5, 0.6) is 0 Å². The minimum Gasteiger partial charge on any atom is -0.628 e. The summed E-state index contributed by atoms with van der Waals surface area (Å²) in [5.74, 6) is -0.109. The van der Waals surface area contributed by atoms with Crippen LogP contribution in [0.1, 0.15) is 12.8 Å². The van der Waals surface area contributed by atoms with Gasteiger partial charge in [0.15, 0.2) is 5.96 Å². The Kier molecular flexibility index (Phi) is 5.04. The maximum atomic E-state index is 12.5. The molecule has 2 aromatic carbocycles. The fourth-order valence-corrected chi connectivity index (χ4v) is 3.48. The number of rotatable bonds is 6. The third-order valence-electron chi connectivity index (χ3n) is 4.67. The van der Waals surface area contributed by atoms with Crippen LogP contribution in [-0.4, -0.2) is 31.0 Å². The molecule has 0 bridgehead atoms. The van der Waals surface area contributed by atoms with E-state index in [1.165, 1.54) is 0 Å². The van der Waals surface area contributed by atoms with Gasteiger partial charge in [-0.15, -0.1) is 0 Å². The predicted octanol–water partition coefficient (Wildman–Crippen LogP) is -1.21. The van der Waals surface area contributed by atoms with E-state index in [1.54, 1.807) is 0 Å². The van der Waals surface area contributed by atoms with Crippen LogP contribution >= 0.6 is 0 Å². The molecule has 3 rings (SSSR count). The van der Waals surface area contributed by atoms with E-state index in [-0.39, 0.29) is 18.0 Å². The zero-order valence-corrected chi connectivity index (χ0v) is 14.0. The van der Waals surface area contributed by atoms with Crippen molar-refractivity contribution in [3.8, 4) is 0 Å². The molecule has 0 unspecified atom stereocenters. The van der Waals surface area contributed by atoms with Gasteiger partial charge in [0.05, 0.1) is 0 Å². The third kappa shape index (κ3) is 3.66. The number of carbonyl (C=O) groups excluding carboxylic acids is 1. The van der Waals surface area contributed by atoms with Crippen molar-refractivity contribution in [2.24, 2.45) is 16.5 Å². The lowest BCUT2D eigenvalue weighted by Gasteiger charge is -2.31. The molecule has 6 nitrogen and oxygen atoms in total. The van der Waals surface area contributed by atoms with Gasteiger partial charge < -0.3 is 21.3 Å². The topological polar surface area (TPSA) is 107 Å². The minimum absolute atomic E-state index is 0.0742. The molecule has 130 valence electrons. The summed E-state index contributed by atoms with van der Waals surface area (Å²) in [7, 11) is 0. The summed E-state index contributed by atoms with van der Waals surface area (Å²) in [6, 6.07) is 19.6. The average molecular weight is 338 g/mol. The summed E-state index contributed by atoms with van der Waals surface area (Å²) in [6.45, 7) is -1.15. The largest absolute Gasteiger partial charge is 0.628 e. The van der Waals surface area contributed by atoms with E-state index in [0.29, 0.717) is 13.0 Å². The predicted molar refractivity (Wildman–Crippen MR) is 99.6 cm³/mol. The Morgan fingerprint density at radius 2 is 1.60 bits per heavy atom. The first-order chi connectivity index (χ1) is 12.1. The lowest BCUT2D eigenvalue weighted by atomic mass is 9.42. The van der Waals surface area contributed by atoms with Crippen LogP contribution in [0, 0.1) is 0 Å². The van der Waals surface area contributed by atoms with Crippen LogP contribution in [0.25, 0.3) is 0 Å². The molecule has 6 N–H and O–H groups in total. The van der Waals surface area contributed by atoms with Crippen LogP contribution in [0.4, 0.5) is 0 Å². The van der Waals surface area contributed by atoms with Crippen molar-refractivity contribution in [1.82, 2.24) is 0 Å². The van der Waals surface area contributed by atoms with Gasteiger partial charge in [-0.2, -0.15) is 0 Å². The molecule has 1 fully saturated rings. The normalized spacial score (nSPS) is 18.6. The molecule has 0 amide bonds. The molecule has 1 aliphatic heterocycles. The summed E-state index contributed by atoms with van der Waals surface area (Å²) in [5.41, 5.74) is 12.7. The second-order valence-corrected chi connectivity index (χ2v) is 6.36. The Labute approximate surface area is 147 Å². The molecule has 0 aromatic heterocycles.